The number of hydrazone groups is 1. The minimum absolute atomic E-state index is 0.00297. The van der Waals surface area contributed by atoms with Gasteiger partial charge in [-0.2, -0.15) is 5.10 Å². The van der Waals surface area contributed by atoms with Gasteiger partial charge in [0.1, 0.15) is 9.71 Å². The largest absolute Gasteiger partial charge is 0.397 e. The van der Waals surface area contributed by atoms with Gasteiger partial charge in [-0.1, -0.05) is 29.8 Å². The molecule has 0 radical (unpaired) electrons. The van der Waals surface area contributed by atoms with E-state index < -0.39 is 10.8 Å². The van der Waals surface area contributed by atoms with E-state index in [1.54, 1.807) is 36.4 Å². The number of benzene rings is 2. The SMILES string of the molecule is Nc1c(C(=O)N/N=C/c2ccc(Cl)cc2)sc2nc(-c3ccc([N+](=O)[O-])cc3)cc(-c3cccs3)c12. The van der Waals surface area contributed by atoms with Gasteiger partial charge in [-0.3, -0.25) is 14.9 Å². The number of carbonyl (C=O) groups is 1. The lowest BCUT2D eigenvalue weighted by atomic mass is 10.0. The van der Waals surface area contributed by atoms with Crippen molar-refractivity contribution < 1.29 is 9.72 Å². The van der Waals surface area contributed by atoms with E-state index in [1.165, 1.54) is 41.0 Å². The number of rotatable bonds is 6. The van der Waals surface area contributed by atoms with Crippen LogP contribution in [0.1, 0.15) is 15.2 Å². The molecule has 5 rings (SSSR count). The Balaban J connectivity index is 1.53. The normalized spacial score (nSPS) is 11.2. The van der Waals surface area contributed by atoms with Gasteiger partial charge >= 0.3 is 0 Å². The van der Waals surface area contributed by atoms with Crippen LogP contribution >= 0.6 is 34.3 Å². The number of nitro groups is 1. The molecule has 0 atom stereocenters. The molecule has 5 aromatic rings. The Morgan fingerprint density at radius 3 is 2.56 bits per heavy atom. The summed E-state index contributed by atoms with van der Waals surface area (Å²) >= 11 is 8.60. The van der Waals surface area contributed by atoms with Gasteiger partial charge in [-0.15, -0.1) is 22.7 Å². The number of anilines is 1. The number of thiophene rings is 2. The van der Waals surface area contributed by atoms with Crippen molar-refractivity contribution in [1.29, 1.82) is 0 Å². The number of non-ortho nitro benzene ring substituents is 1. The molecule has 0 bridgehead atoms. The maximum atomic E-state index is 12.9. The van der Waals surface area contributed by atoms with E-state index in [2.05, 4.69) is 10.5 Å². The molecule has 36 heavy (non-hydrogen) atoms. The Hall–Kier alpha value is -4.12. The van der Waals surface area contributed by atoms with Crippen molar-refractivity contribution in [3.05, 3.63) is 97.7 Å². The van der Waals surface area contributed by atoms with E-state index in [9.17, 15) is 14.9 Å². The number of nitrogens with two attached hydrogens (primary N) is 1. The van der Waals surface area contributed by atoms with Crippen molar-refractivity contribution in [3.63, 3.8) is 0 Å². The van der Waals surface area contributed by atoms with Crippen LogP contribution < -0.4 is 11.2 Å². The van der Waals surface area contributed by atoms with E-state index in [4.69, 9.17) is 22.3 Å². The number of nitrogens with zero attached hydrogens (tertiary/aromatic N) is 3. The van der Waals surface area contributed by atoms with Crippen molar-refractivity contribution in [2.24, 2.45) is 5.10 Å². The van der Waals surface area contributed by atoms with Crippen LogP contribution in [0.3, 0.4) is 0 Å². The van der Waals surface area contributed by atoms with Crippen LogP contribution in [-0.2, 0) is 0 Å². The fourth-order valence-corrected chi connectivity index (χ4v) is 5.47. The first kappa shape index (κ1) is 23.6. The number of fused-ring (bicyclic) bond motifs is 1. The van der Waals surface area contributed by atoms with Crippen LogP contribution in [0.4, 0.5) is 11.4 Å². The molecule has 3 heterocycles. The topological polar surface area (TPSA) is 124 Å². The van der Waals surface area contributed by atoms with Gasteiger partial charge in [-0.25, -0.2) is 10.4 Å². The van der Waals surface area contributed by atoms with Crippen molar-refractivity contribution in [3.8, 4) is 21.7 Å². The average molecular weight is 534 g/mol. The second-order valence-electron chi connectivity index (χ2n) is 7.61. The Labute approximate surface area is 217 Å². The quantitative estimate of drug-likeness (QED) is 0.144. The number of hydrogen-bond donors (Lipinski definition) is 2. The fourth-order valence-electron chi connectivity index (χ4n) is 3.58. The van der Waals surface area contributed by atoms with Gasteiger partial charge in [0.25, 0.3) is 11.6 Å². The minimum atomic E-state index is -0.449. The predicted octanol–water partition coefficient (Wildman–Crippen LogP) is 6.60. The summed E-state index contributed by atoms with van der Waals surface area (Å²) in [4.78, 5) is 30.1. The van der Waals surface area contributed by atoms with E-state index in [0.29, 0.717) is 37.1 Å². The van der Waals surface area contributed by atoms with Gasteiger partial charge in [0.15, 0.2) is 0 Å². The average Bonchev–Trinajstić information content (AvgIpc) is 3.53. The highest BCUT2D eigenvalue weighted by molar-refractivity contribution is 7.21. The van der Waals surface area contributed by atoms with Crippen molar-refractivity contribution in [2.75, 3.05) is 5.73 Å². The standard InChI is InChI=1S/C25H16ClN5O3S2/c26-16-7-3-14(4-8-16)13-28-30-24(32)23-22(27)21-18(20-2-1-11-35-20)12-19(29-25(21)36-23)15-5-9-17(10-6-15)31(33)34/h1-13H,27H2,(H,30,32)/b28-13+. The summed E-state index contributed by atoms with van der Waals surface area (Å²) in [7, 11) is 0. The lowest BCUT2D eigenvalue weighted by Gasteiger charge is -2.07. The molecule has 2 aromatic carbocycles. The molecule has 11 heteroatoms. The van der Waals surface area contributed by atoms with Gasteiger partial charge in [0.05, 0.1) is 22.5 Å². The molecule has 0 aliphatic carbocycles. The number of amides is 1. The van der Waals surface area contributed by atoms with Gasteiger partial charge in [0, 0.05) is 38.5 Å². The van der Waals surface area contributed by atoms with Crippen LogP contribution in [0.25, 0.3) is 31.9 Å². The van der Waals surface area contributed by atoms with Crippen LogP contribution in [0.2, 0.25) is 5.02 Å². The second-order valence-corrected chi connectivity index (χ2v) is 10.00. The lowest BCUT2D eigenvalue weighted by molar-refractivity contribution is -0.384. The molecular formula is C25H16ClN5O3S2. The first-order valence-electron chi connectivity index (χ1n) is 10.5. The first-order chi connectivity index (χ1) is 17.4. The summed E-state index contributed by atoms with van der Waals surface area (Å²) in [6.45, 7) is 0. The monoisotopic (exact) mass is 533 g/mol. The molecule has 8 nitrogen and oxygen atoms in total. The van der Waals surface area contributed by atoms with Crippen molar-refractivity contribution >= 4 is 68.0 Å². The Kier molecular flexibility index (Phi) is 6.47. The Morgan fingerprint density at radius 1 is 1.14 bits per heavy atom. The zero-order valence-corrected chi connectivity index (χ0v) is 20.7. The van der Waals surface area contributed by atoms with Crippen LogP contribution in [0.5, 0.6) is 0 Å². The number of hydrogen-bond acceptors (Lipinski definition) is 8. The van der Waals surface area contributed by atoms with Crippen LogP contribution in [0, 0.1) is 10.1 Å². The highest BCUT2D eigenvalue weighted by Gasteiger charge is 2.22. The summed E-state index contributed by atoms with van der Waals surface area (Å²) < 4.78 is 0. The van der Waals surface area contributed by atoms with E-state index in [-0.39, 0.29) is 5.69 Å². The van der Waals surface area contributed by atoms with Gasteiger partial charge < -0.3 is 5.73 Å². The lowest BCUT2D eigenvalue weighted by Crippen LogP contribution is -2.17. The number of carbonyl (C=O) groups excluding carboxylic acids is 1. The molecule has 1 amide bonds. The van der Waals surface area contributed by atoms with Crippen LogP contribution in [-0.4, -0.2) is 22.0 Å². The summed E-state index contributed by atoms with van der Waals surface area (Å²) in [5, 5.41) is 18.3. The van der Waals surface area contributed by atoms with Gasteiger partial charge in [-0.05, 0) is 47.3 Å². The number of halogens is 1. The maximum Gasteiger partial charge on any atom is 0.283 e. The van der Waals surface area contributed by atoms with Crippen molar-refractivity contribution in [2.45, 2.75) is 0 Å². The number of nitrogens with one attached hydrogen (secondary N) is 1. The Morgan fingerprint density at radius 2 is 1.89 bits per heavy atom. The molecule has 3 aromatic heterocycles. The fraction of sp³-hybridized carbons (Fsp3) is 0. The Bertz CT molecular complexity index is 1610. The highest BCUT2D eigenvalue weighted by Crippen LogP contribution is 2.42. The smallest absolute Gasteiger partial charge is 0.283 e. The highest BCUT2D eigenvalue weighted by atomic mass is 35.5. The maximum absolute atomic E-state index is 12.9. The number of nitrogen functional groups attached to an aromatic ring is 1. The summed E-state index contributed by atoms with van der Waals surface area (Å²) in [6, 6.07) is 19.0. The van der Waals surface area contributed by atoms with E-state index in [0.717, 1.165) is 16.0 Å². The molecule has 0 aliphatic rings. The molecule has 0 saturated carbocycles. The summed E-state index contributed by atoms with van der Waals surface area (Å²) in [5.41, 5.74) is 12.2. The minimum Gasteiger partial charge on any atom is -0.397 e. The molecule has 0 fully saturated rings. The van der Waals surface area contributed by atoms with Crippen molar-refractivity contribution in [1.82, 2.24) is 10.4 Å². The molecule has 0 saturated heterocycles. The second kappa shape index (κ2) is 9.86. The third kappa shape index (κ3) is 4.69. The third-order valence-electron chi connectivity index (χ3n) is 5.32. The zero-order chi connectivity index (χ0) is 25.2. The number of pyridine rings is 1. The van der Waals surface area contributed by atoms with Gasteiger partial charge in [0.2, 0.25) is 0 Å². The summed E-state index contributed by atoms with van der Waals surface area (Å²) in [6.07, 6.45) is 1.51. The van der Waals surface area contributed by atoms with Crippen LogP contribution in [0.15, 0.2) is 77.2 Å². The predicted molar refractivity (Wildman–Crippen MR) is 146 cm³/mol. The van der Waals surface area contributed by atoms with E-state index >= 15 is 0 Å². The molecule has 0 unspecified atom stereocenters. The zero-order valence-electron chi connectivity index (χ0n) is 18.3. The van der Waals surface area contributed by atoms with E-state index in [1.807, 2.05) is 23.6 Å². The molecule has 0 spiro atoms. The third-order valence-corrected chi connectivity index (χ3v) is 7.57. The molecule has 178 valence electrons. The first-order valence-corrected chi connectivity index (χ1v) is 12.6. The number of aromatic nitrogens is 1. The summed E-state index contributed by atoms with van der Waals surface area (Å²) in [5.74, 6) is -0.449. The molecule has 0 aliphatic heterocycles. The molecule has 3 N–H and O–H groups in total. The molecular weight excluding hydrogens is 518 g/mol. The number of nitro benzene ring substituents is 1.